The molecule has 0 aromatic rings. The van der Waals surface area contributed by atoms with Crippen LogP contribution in [0.15, 0.2) is 0 Å². The minimum atomic E-state index is -0.185. The number of nitrogens with zero attached hydrogens (tertiary/aromatic N) is 1. The van der Waals surface area contributed by atoms with E-state index in [0.29, 0.717) is 6.61 Å². The van der Waals surface area contributed by atoms with Crippen LogP contribution in [-0.4, -0.2) is 13.2 Å². The average molecular weight is 155 g/mol. The van der Waals surface area contributed by atoms with Crippen molar-refractivity contribution in [3.63, 3.8) is 0 Å². The molecule has 0 aliphatic heterocycles. The molecule has 0 spiro atoms. The molecule has 0 aromatic carbocycles. The quantitative estimate of drug-likeness (QED) is 0.571. The highest BCUT2D eigenvalue weighted by molar-refractivity contribution is 4.94. The van der Waals surface area contributed by atoms with E-state index >= 15 is 0 Å². The van der Waals surface area contributed by atoms with Crippen molar-refractivity contribution in [1.29, 1.82) is 5.26 Å². The maximum Gasteiger partial charge on any atom is 0.0687 e. The summed E-state index contributed by atoms with van der Waals surface area (Å²) in [5, 5.41) is 8.78. The van der Waals surface area contributed by atoms with E-state index < -0.39 is 0 Å². The van der Waals surface area contributed by atoms with Gasteiger partial charge in [0.2, 0.25) is 0 Å². The Bertz CT molecular complexity index is 139. The van der Waals surface area contributed by atoms with Gasteiger partial charge in [-0.15, -0.1) is 0 Å². The molecule has 0 saturated carbocycles. The van der Waals surface area contributed by atoms with Gasteiger partial charge in [0.1, 0.15) is 0 Å². The first-order chi connectivity index (χ1) is 5.18. The minimum absolute atomic E-state index is 0.185. The second kappa shape index (κ2) is 5.15. The first-order valence-corrected chi connectivity index (χ1v) is 4.17. The van der Waals surface area contributed by atoms with Crippen LogP contribution in [0.5, 0.6) is 0 Å². The maximum atomic E-state index is 8.78. The summed E-state index contributed by atoms with van der Waals surface area (Å²) in [7, 11) is 0. The number of rotatable bonds is 5. The van der Waals surface area contributed by atoms with Gasteiger partial charge in [0.05, 0.1) is 11.5 Å². The summed E-state index contributed by atoms with van der Waals surface area (Å²) in [6, 6.07) is 2.31. The molecule has 1 atom stereocenters. The Hall–Kier alpha value is -0.550. The number of hydrogen-bond donors (Lipinski definition) is 0. The maximum absolute atomic E-state index is 8.78. The fraction of sp³-hybridized carbons (Fsp3) is 0.889. The Kier molecular flexibility index (Phi) is 4.89. The minimum Gasteiger partial charge on any atom is -0.382 e. The largest absolute Gasteiger partial charge is 0.382 e. The Labute approximate surface area is 69.2 Å². The average Bonchev–Trinajstić information content (AvgIpc) is 2.05. The third-order valence-corrected chi connectivity index (χ3v) is 2.05. The molecule has 0 N–H and O–H groups in total. The molecule has 0 bridgehead atoms. The van der Waals surface area contributed by atoms with Gasteiger partial charge in [0.25, 0.3) is 0 Å². The molecule has 0 aliphatic rings. The lowest BCUT2D eigenvalue weighted by molar-refractivity contribution is 0.122. The van der Waals surface area contributed by atoms with Gasteiger partial charge >= 0.3 is 0 Å². The zero-order chi connectivity index (χ0) is 8.74. The molecule has 0 amide bonds. The lowest BCUT2D eigenvalue weighted by Gasteiger charge is -2.18. The van der Waals surface area contributed by atoms with E-state index in [1.54, 1.807) is 0 Å². The third-order valence-electron chi connectivity index (χ3n) is 2.05. The second-order valence-corrected chi connectivity index (χ2v) is 2.97. The summed E-state index contributed by atoms with van der Waals surface area (Å²) in [6.45, 7) is 7.43. The SMILES string of the molecule is CCOCCC(C)(C#N)CC. The summed E-state index contributed by atoms with van der Waals surface area (Å²) in [6.07, 6.45) is 1.74. The molecule has 0 fully saturated rings. The van der Waals surface area contributed by atoms with Gasteiger partial charge in [-0.1, -0.05) is 6.92 Å². The van der Waals surface area contributed by atoms with Gasteiger partial charge in [-0.3, -0.25) is 0 Å². The van der Waals surface area contributed by atoms with Gasteiger partial charge < -0.3 is 4.74 Å². The van der Waals surface area contributed by atoms with Crippen LogP contribution in [0.25, 0.3) is 0 Å². The molecule has 11 heavy (non-hydrogen) atoms. The van der Waals surface area contributed by atoms with Crippen molar-refractivity contribution >= 4 is 0 Å². The lowest BCUT2D eigenvalue weighted by Crippen LogP contribution is -2.15. The van der Waals surface area contributed by atoms with Crippen molar-refractivity contribution in [2.45, 2.75) is 33.6 Å². The van der Waals surface area contributed by atoms with Crippen molar-refractivity contribution < 1.29 is 4.74 Å². The van der Waals surface area contributed by atoms with Crippen LogP contribution >= 0.6 is 0 Å². The van der Waals surface area contributed by atoms with Crippen LogP contribution in [0.4, 0.5) is 0 Å². The zero-order valence-corrected chi connectivity index (χ0v) is 7.68. The summed E-state index contributed by atoms with van der Waals surface area (Å²) in [5.74, 6) is 0. The molecular weight excluding hydrogens is 138 g/mol. The summed E-state index contributed by atoms with van der Waals surface area (Å²) < 4.78 is 5.18. The molecule has 64 valence electrons. The highest BCUT2D eigenvalue weighted by atomic mass is 16.5. The highest BCUT2D eigenvalue weighted by Gasteiger charge is 2.20. The van der Waals surface area contributed by atoms with Gasteiger partial charge in [0.15, 0.2) is 0 Å². The van der Waals surface area contributed by atoms with E-state index in [4.69, 9.17) is 10.00 Å². The fourth-order valence-corrected chi connectivity index (χ4v) is 0.754. The van der Waals surface area contributed by atoms with E-state index in [1.165, 1.54) is 0 Å². The van der Waals surface area contributed by atoms with E-state index in [2.05, 4.69) is 6.07 Å². The molecule has 0 radical (unpaired) electrons. The van der Waals surface area contributed by atoms with E-state index in [-0.39, 0.29) is 5.41 Å². The predicted octanol–water partition coefficient (Wildman–Crippen LogP) is 2.35. The summed E-state index contributed by atoms with van der Waals surface area (Å²) in [4.78, 5) is 0. The molecule has 0 saturated heterocycles. The van der Waals surface area contributed by atoms with Crippen molar-refractivity contribution in [1.82, 2.24) is 0 Å². The van der Waals surface area contributed by atoms with Gasteiger partial charge in [-0.25, -0.2) is 0 Å². The van der Waals surface area contributed by atoms with Crippen molar-refractivity contribution in [2.24, 2.45) is 5.41 Å². The first-order valence-electron chi connectivity index (χ1n) is 4.17. The van der Waals surface area contributed by atoms with E-state index in [9.17, 15) is 0 Å². The van der Waals surface area contributed by atoms with Crippen molar-refractivity contribution in [2.75, 3.05) is 13.2 Å². The number of ether oxygens (including phenoxy) is 1. The van der Waals surface area contributed by atoms with Crippen LogP contribution in [0.3, 0.4) is 0 Å². The Morgan fingerprint density at radius 1 is 1.45 bits per heavy atom. The Morgan fingerprint density at radius 2 is 2.09 bits per heavy atom. The molecule has 1 unspecified atom stereocenters. The van der Waals surface area contributed by atoms with Crippen LogP contribution in [0.1, 0.15) is 33.6 Å². The Morgan fingerprint density at radius 3 is 2.45 bits per heavy atom. The topological polar surface area (TPSA) is 33.0 Å². The summed E-state index contributed by atoms with van der Waals surface area (Å²) >= 11 is 0. The number of nitriles is 1. The predicted molar refractivity (Wildman–Crippen MR) is 45.1 cm³/mol. The van der Waals surface area contributed by atoms with Crippen LogP contribution in [-0.2, 0) is 4.74 Å². The standard InChI is InChI=1S/C9H17NO/c1-4-9(3,8-10)6-7-11-5-2/h4-7H2,1-3H3. The number of hydrogen-bond acceptors (Lipinski definition) is 2. The van der Waals surface area contributed by atoms with Crippen LogP contribution < -0.4 is 0 Å². The van der Waals surface area contributed by atoms with E-state index in [1.807, 2.05) is 20.8 Å². The van der Waals surface area contributed by atoms with Gasteiger partial charge in [-0.05, 0) is 26.7 Å². The van der Waals surface area contributed by atoms with Gasteiger partial charge in [0, 0.05) is 13.2 Å². The smallest absolute Gasteiger partial charge is 0.0687 e. The molecule has 0 aromatic heterocycles. The van der Waals surface area contributed by atoms with Crippen molar-refractivity contribution in [3.8, 4) is 6.07 Å². The van der Waals surface area contributed by atoms with Crippen molar-refractivity contribution in [3.05, 3.63) is 0 Å². The lowest BCUT2D eigenvalue weighted by atomic mass is 9.86. The Balaban J connectivity index is 3.63. The molecular formula is C9H17NO. The third kappa shape index (κ3) is 4.00. The molecule has 0 aliphatic carbocycles. The fourth-order valence-electron chi connectivity index (χ4n) is 0.754. The van der Waals surface area contributed by atoms with E-state index in [0.717, 1.165) is 19.4 Å². The molecule has 0 heterocycles. The molecule has 2 heteroatoms. The second-order valence-electron chi connectivity index (χ2n) is 2.97. The summed E-state index contributed by atoms with van der Waals surface area (Å²) in [5.41, 5.74) is -0.185. The van der Waals surface area contributed by atoms with Gasteiger partial charge in [-0.2, -0.15) is 5.26 Å². The zero-order valence-electron chi connectivity index (χ0n) is 7.68. The highest BCUT2D eigenvalue weighted by Crippen LogP contribution is 2.23. The molecule has 0 rings (SSSR count). The normalized spacial score (nSPS) is 15.5. The molecule has 2 nitrogen and oxygen atoms in total. The first kappa shape index (κ1) is 10.4. The van der Waals surface area contributed by atoms with Crippen LogP contribution in [0, 0.1) is 16.7 Å². The van der Waals surface area contributed by atoms with Crippen LogP contribution in [0.2, 0.25) is 0 Å². The monoisotopic (exact) mass is 155 g/mol.